The summed E-state index contributed by atoms with van der Waals surface area (Å²) in [7, 11) is 3.85. The van der Waals surface area contributed by atoms with Crippen LogP contribution in [0.1, 0.15) is 12.5 Å². The number of hydrogen-bond acceptors (Lipinski definition) is 4. The predicted octanol–water partition coefficient (Wildman–Crippen LogP) is 0.521. The van der Waals surface area contributed by atoms with Gasteiger partial charge in [-0.1, -0.05) is 6.07 Å². The van der Waals surface area contributed by atoms with E-state index < -0.39 is 0 Å². The number of hydrogen-bond donors (Lipinski definition) is 1. The fourth-order valence-corrected chi connectivity index (χ4v) is 2.48. The zero-order valence-electron chi connectivity index (χ0n) is 13.4. The van der Waals surface area contributed by atoms with Crippen LogP contribution in [-0.2, 0) is 11.3 Å². The molecule has 7 heteroatoms. The lowest BCUT2D eigenvalue weighted by atomic mass is 10.2. The number of piperazine rings is 1. The Balaban J connectivity index is 1.88. The Morgan fingerprint density at radius 2 is 1.86 bits per heavy atom. The van der Waals surface area contributed by atoms with Gasteiger partial charge < -0.3 is 20.0 Å². The van der Waals surface area contributed by atoms with E-state index in [0.717, 1.165) is 11.4 Å². The van der Waals surface area contributed by atoms with Crippen LogP contribution in [0.2, 0.25) is 0 Å². The van der Waals surface area contributed by atoms with E-state index in [1.807, 2.05) is 31.1 Å². The van der Waals surface area contributed by atoms with E-state index in [0.29, 0.717) is 32.7 Å². The number of aromatic nitrogens is 1. The molecule has 7 nitrogen and oxygen atoms in total. The maximum atomic E-state index is 12.2. The number of nitrogens with zero attached hydrogens (tertiary/aromatic N) is 4. The van der Waals surface area contributed by atoms with Gasteiger partial charge in [-0.15, -0.1) is 0 Å². The van der Waals surface area contributed by atoms with E-state index in [2.05, 4.69) is 10.3 Å². The third kappa shape index (κ3) is 3.87. The Kier molecular flexibility index (Phi) is 5.19. The van der Waals surface area contributed by atoms with E-state index in [-0.39, 0.29) is 11.9 Å². The molecule has 0 saturated carbocycles. The van der Waals surface area contributed by atoms with E-state index in [1.54, 1.807) is 22.9 Å². The zero-order chi connectivity index (χ0) is 16.1. The van der Waals surface area contributed by atoms with Gasteiger partial charge in [-0.05, 0) is 6.07 Å². The van der Waals surface area contributed by atoms with Crippen molar-refractivity contribution in [2.45, 2.75) is 13.5 Å². The van der Waals surface area contributed by atoms with Crippen molar-refractivity contribution < 1.29 is 9.59 Å². The van der Waals surface area contributed by atoms with Crippen LogP contribution in [0.25, 0.3) is 0 Å². The average Bonchev–Trinajstić information content (AvgIpc) is 2.52. The van der Waals surface area contributed by atoms with Crippen molar-refractivity contribution in [2.75, 3.05) is 45.2 Å². The maximum Gasteiger partial charge on any atom is 0.317 e. The number of carbonyl (C=O) groups is 2. The Hall–Kier alpha value is -2.31. The van der Waals surface area contributed by atoms with Crippen molar-refractivity contribution in [3.05, 3.63) is 23.9 Å². The van der Waals surface area contributed by atoms with Gasteiger partial charge in [-0.2, -0.15) is 0 Å². The van der Waals surface area contributed by atoms with Gasteiger partial charge in [0, 0.05) is 65.5 Å². The average molecular weight is 305 g/mol. The van der Waals surface area contributed by atoms with Crippen LogP contribution in [0.4, 0.5) is 10.6 Å². The summed E-state index contributed by atoms with van der Waals surface area (Å²) < 4.78 is 0. The number of rotatable bonds is 3. The second-order valence-corrected chi connectivity index (χ2v) is 5.53. The molecule has 0 aliphatic carbocycles. The van der Waals surface area contributed by atoms with Gasteiger partial charge in [-0.3, -0.25) is 4.79 Å². The van der Waals surface area contributed by atoms with Crippen LogP contribution >= 0.6 is 0 Å². The molecule has 22 heavy (non-hydrogen) atoms. The minimum Gasteiger partial charge on any atom is -0.362 e. The summed E-state index contributed by atoms with van der Waals surface area (Å²) in [4.78, 5) is 33.2. The van der Waals surface area contributed by atoms with Crippen molar-refractivity contribution in [1.82, 2.24) is 20.1 Å². The summed E-state index contributed by atoms with van der Waals surface area (Å²) in [6, 6.07) is 3.72. The van der Waals surface area contributed by atoms with Crippen molar-refractivity contribution in [2.24, 2.45) is 0 Å². The number of pyridine rings is 1. The first-order valence-electron chi connectivity index (χ1n) is 7.38. The highest BCUT2D eigenvalue weighted by Crippen LogP contribution is 2.14. The molecule has 3 amide bonds. The topological polar surface area (TPSA) is 68.8 Å². The summed E-state index contributed by atoms with van der Waals surface area (Å²) in [5.74, 6) is 0.912. The fourth-order valence-electron chi connectivity index (χ4n) is 2.48. The molecule has 1 N–H and O–H groups in total. The van der Waals surface area contributed by atoms with Crippen LogP contribution in [0.15, 0.2) is 18.3 Å². The molecule has 0 spiro atoms. The Labute approximate surface area is 130 Å². The highest BCUT2D eigenvalue weighted by Gasteiger charge is 2.22. The lowest BCUT2D eigenvalue weighted by Gasteiger charge is -2.34. The molecule has 1 aromatic rings. The minimum absolute atomic E-state index is 0.0612. The fraction of sp³-hybridized carbons (Fsp3) is 0.533. The second-order valence-electron chi connectivity index (χ2n) is 5.53. The van der Waals surface area contributed by atoms with Crippen LogP contribution in [0, 0.1) is 0 Å². The first kappa shape index (κ1) is 16.1. The van der Waals surface area contributed by atoms with Crippen molar-refractivity contribution in [1.29, 1.82) is 0 Å². The summed E-state index contributed by atoms with van der Waals surface area (Å²) in [5.41, 5.74) is 0.975. The molecule has 0 unspecified atom stereocenters. The van der Waals surface area contributed by atoms with Crippen molar-refractivity contribution in [3.8, 4) is 0 Å². The largest absolute Gasteiger partial charge is 0.362 e. The Morgan fingerprint density at radius 3 is 2.45 bits per heavy atom. The quantitative estimate of drug-likeness (QED) is 0.884. The predicted molar refractivity (Wildman–Crippen MR) is 84.6 cm³/mol. The summed E-state index contributed by atoms with van der Waals surface area (Å²) in [6.45, 7) is 4.32. The van der Waals surface area contributed by atoms with E-state index in [4.69, 9.17) is 0 Å². The molecular formula is C15H23N5O2. The zero-order valence-corrected chi connectivity index (χ0v) is 13.4. The normalized spacial score (nSPS) is 14.7. The van der Waals surface area contributed by atoms with Crippen LogP contribution < -0.4 is 10.2 Å². The van der Waals surface area contributed by atoms with Crippen LogP contribution in [-0.4, -0.2) is 67.0 Å². The van der Waals surface area contributed by atoms with Crippen LogP contribution in [0.3, 0.4) is 0 Å². The molecule has 0 aromatic carbocycles. The molecule has 0 atom stereocenters. The summed E-state index contributed by atoms with van der Waals surface area (Å²) in [6.07, 6.45) is 1.74. The number of carbonyl (C=O) groups excluding carboxylic acids is 2. The van der Waals surface area contributed by atoms with Crippen LogP contribution in [0.5, 0.6) is 0 Å². The lowest BCUT2D eigenvalue weighted by molar-refractivity contribution is -0.130. The molecule has 1 fully saturated rings. The van der Waals surface area contributed by atoms with E-state index in [9.17, 15) is 9.59 Å². The summed E-state index contributed by atoms with van der Waals surface area (Å²) in [5, 5.41) is 2.92. The minimum atomic E-state index is -0.100. The van der Waals surface area contributed by atoms with E-state index >= 15 is 0 Å². The number of nitrogens with one attached hydrogen (secondary N) is 1. The highest BCUT2D eigenvalue weighted by atomic mass is 16.2. The first-order chi connectivity index (χ1) is 10.5. The number of amides is 3. The molecule has 0 radical (unpaired) electrons. The van der Waals surface area contributed by atoms with Gasteiger partial charge in [0.15, 0.2) is 0 Å². The first-order valence-corrected chi connectivity index (χ1v) is 7.38. The van der Waals surface area contributed by atoms with E-state index in [1.165, 1.54) is 0 Å². The lowest BCUT2D eigenvalue weighted by Crippen LogP contribution is -2.52. The SMILES string of the molecule is CC(=O)N1CCN(C(=O)NCc2cccnc2N(C)C)CC1. The standard InChI is InChI=1S/C15H23N5O2/c1-12(21)19-7-9-20(10-8-19)15(22)17-11-13-5-4-6-16-14(13)18(2)3/h4-6H,7-11H2,1-3H3,(H,17,22). The van der Waals surface area contributed by atoms with Gasteiger partial charge in [0.25, 0.3) is 0 Å². The number of urea groups is 1. The molecule has 0 bridgehead atoms. The second kappa shape index (κ2) is 7.11. The molecule has 2 heterocycles. The van der Waals surface area contributed by atoms with Gasteiger partial charge in [0.2, 0.25) is 5.91 Å². The molecule has 120 valence electrons. The Morgan fingerprint density at radius 1 is 1.23 bits per heavy atom. The molecule has 1 aliphatic heterocycles. The molecule has 2 rings (SSSR count). The van der Waals surface area contributed by atoms with Crippen molar-refractivity contribution >= 4 is 17.8 Å². The molecule has 1 saturated heterocycles. The molecule has 1 aliphatic rings. The highest BCUT2D eigenvalue weighted by molar-refractivity contribution is 5.76. The third-order valence-corrected chi connectivity index (χ3v) is 3.73. The van der Waals surface area contributed by atoms with Gasteiger partial charge in [0.05, 0.1) is 0 Å². The molecular weight excluding hydrogens is 282 g/mol. The monoisotopic (exact) mass is 305 g/mol. The van der Waals surface area contributed by atoms with Gasteiger partial charge in [-0.25, -0.2) is 9.78 Å². The molecule has 1 aromatic heterocycles. The van der Waals surface area contributed by atoms with Crippen molar-refractivity contribution in [3.63, 3.8) is 0 Å². The smallest absolute Gasteiger partial charge is 0.317 e. The van der Waals surface area contributed by atoms with Gasteiger partial charge >= 0.3 is 6.03 Å². The van der Waals surface area contributed by atoms with Gasteiger partial charge in [0.1, 0.15) is 5.82 Å². The summed E-state index contributed by atoms with van der Waals surface area (Å²) >= 11 is 0. The Bertz CT molecular complexity index is 538. The maximum absolute atomic E-state index is 12.2. The number of anilines is 1. The third-order valence-electron chi connectivity index (χ3n) is 3.73.